The van der Waals surface area contributed by atoms with Crippen molar-refractivity contribution < 1.29 is 9.94 Å². The van der Waals surface area contributed by atoms with E-state index >= 15 is 0 Å². The van der Waals surface area contributed by atoms with Crippen LogP contribution in [0.5, 0.6) is 0 Å². The Morgan fingerprint density at radius 2 is 2.00 bits per heavy atom. The first-order chi connectivity index (χ1) is 9.26. The van der Waals surface area contributed by atoms with E-state index in [4.69, 9.17) is 4.84 Å². The van der Waals surface area contributed by atoms with Crippen LogP contribution < -0.4 is 0 Å². The number of rotatable bonds is 3. The first-order valence-corrected chi connectivity index (χ1v) is 6.61. The number of benzene rings is 2. The largest absolute Gasteiger partial charge is 0.392 e. The number of hydrogen-bond acceptors (Lipinski definition) is 3. The van der Waals surface area contributed by atoms with Gasteiger partial charge in [-0.3, -0.25) is 0 Å². The van der Waals surface area contributed by atoms with Gasteiger partial charge in [0.1, 0.15) is 0 Å². The number of hydrogen-bond donors (Lipinski definition) is 1. The third-order valence-electron chi connectivity index (χ3n) is 3.85. The van der Waals surface area contributed by atoms with Crippen molar-refractivity contribution >= 4 is 16.5 Å². The van der Waals surface area contributed by atoms with Crippen molar-refractivity contribution in [3.05, 3.63) is 48.0 Å². The molecule has 19 heavy (non-hydrogen) atoms. The van der Waals surface area contributed by atoms with E-state index in [1.54, 1.807) is 0 Å². The highest BCUT2D eigenvalue weighted by molar-refractivity contribution is 6.04. The van der Waals surface area contributed by atoms with Gasteiger partial charge in [-0.15, -0.1) is 0 Å². The van der Waals surface area contributed by atoms with Gasteiger partial charge in [-0.1, -0.05) is 48.5 Å². The van der Waals surface area contributed by atoms with E-state index < -0.39 is 5.60 Å². The van der Waals surface area contributed by atoms with Crippen molar-refractivity contribution in [1.82, 2.24) is 0 Å². The zero-order valence-electron chi connectivity index (χ0n) is 11.0. The normalized spacial score (nSPS) is 22.3. The van der Waals surface area contributed by atoms with E-state index in [1.165, 1.54) is 10.8 Å². The van der Waals surface area contributed by atoms with Crippen LogP contribution in [0.3, 0.4) is 0 Å². The van der Waals surface area contributed by atoms with Crippen LogP contribution in [0.4, 0.5) is 0 Å². The van der Waals surface area contributed by atoms with E-state index in [1.807, 2.05) is 19.1 Å². The highest BCUT2D eigenvalue weighted by atomic mass is 16.7. The topological polar surface area (TPSA) is 41.8 Å². The molecule has 3 nitrogen and oxygen atoms in total. The van der Waals surface area contributed by atoms with Gasteiger partial charge in [0.25, 0.3) is 0 Å². The fourth-order valence-corrected chi connectivity index (χ4v) is 2.43. The van der Waals surface area contributed by atoms with Gasteiger partial charge in [0.15, 0.2) is 5.60 Å². The van der Waals surface area contributed by atoms with E-state index in [0.29, 0.717) is 6.42 Å². The van der Waals surface area contributed by atoms with Crippen LogP contribution >= 0.6 is 0 Å². The molecule has 1 aliphatic rings. The van der Waals surface area contributed by atoms with Crippen LogP contribution in [0.2, 0.25) is 0 Å². The maximum absolute atomic E-state index is 9.45. The molecule has 3 heteroatoms. The number of fused-ring (bicyclic) bond motifs is 1. The maximum Gasteiger partial charge on any atom is 0.165 e. The smallest absolute Gasteiger partial charge is 0.165 e. The molecule has 0 amide bonds. The van der Waals surface area contributed by atoms with Crippen LogP contribution in [0.25, 0.3) is 10.8 Å². The van der Waals surface area contributed by atoms with Crippen LogP contribution in [0, 0.1) is 0 Å². The highest BCUT2D eigenvalue weighted by Gasteiger charge is 2.37. The Balaban J connectivity index is 1.94. The molecule has 2 aromatic carbocycles. The number of oxime groups is 1. The molecule has 3 rings (SSSR count). The lowest BCUT2D eigenvalue weighted by Gasteiger charge is -2.21. The lowest BCUT2D eigenvalue weighted by atomic mass is 9.92. The molecule has 0 fully saturated rings. The Kier molecular flexibility index (Phi) is 2.99. The first kappa shape index (κ1) is 12.2. The summed E-state index contributed by atoms with van der Waals surface area (Å²) in [5, 5.41) is 16.0. The van der Waals surface area contributed by atoms with Gasteiger partial charge >= 0.3 is 0 Å². The highest BCUT2D eigenvalue weighted by Crippen LogP contribution is 2.30. The second-order valence-electron chi connectivity index (χ2n) is 5.06. The van der Waals surface area contributed by atoms with Crippen LogP contribution in [0.15, 0.2) is 47.6 Å². The van der Waals surface area contributed by atoms with Gasteiger partial charge < -0.3 is 9.94 Å². The van der Waals surface area contributed by atoms with Crippen molar-refractivity contribution in [3.63, 3.8) is 0 Å². The summed E-state index contributed by atoms with van der Waals surface area (Å²) in [6.45, 7) is 2.01. The van der Waals surface area contributed by atoms with Gasteiger partial charge in [0.2, 0.25) is 0 Å². The van der Waals surface area contributed by atoms with E-state index in [0.717, 1.165) is 17.7 Å². The van der Waals surface area contributed by atoms with Gasteiger partial charge in [0, 0.05) is 12.0 Å². The minimum Gasteiger partial charge on any atom is -0.392 e. The van der Waals surface area contributed by atoms with Crippen molar-refractivity contribution in [1.29, 1.82) is 0 Å². The lowest BCUT2D eigenvalue weighted by molar-refractivity contribution is -0.0591. The van der Waals surface area contributed by atoms with Crippen LogP contribution in [-0.2, 0) is 4.84 Å². The maximum atomic E-state index is 9.45. The molecule has 0 saturated heterocycles. The second-order valence-corrected chi connectivity index (χ2v) is 5.06. The third-order valence-corrected chi connectivity index (χ3v) is 3.85. The molecule has 98 valence electrons. The summed E-state index contributed by atoms with van der Waals surface area (Å²) < 4.78 is 0. The molecule has 1 aliphatic heterocycles. The molecule has 0 unspecified atom stereocenters. The molecule has 0 bridgehead atoms. The average molecular weight is 255 g/mol. The van der Waals surface area contributed by atoms with Crippen molar-refractivity contribution in [2.24, 2.45) is 5.16 Å². The second kappa shape index (κ2) is 4.67. The summed E-state index contributed by atoms with van der Waals surface area (Å²) in [6, 6.07) is 14.5. The summed E-state index contributed by atoms with van der Waals surface area (Å²) >= 11 is 0. The quantitative estimate of drug-likeness (QED) is 0.915. The Morgan fingerprint density at radius 3 is 2.68 bits per heavy atom. The van der Waals surface area contributed by atoms with Gasteiger partial charge in [-0.2, -0.15) is 0 Å². The van der Waals surface area contributed by atoms with E-state index in [2.05, 4.69) is 35.5 Å². The molecule has 1 N–H and O–H groups in total. The van der Waals surface area contributed by atoms with E-state index in [9.17, 15) is 5.11 Å². The fraction of sp³-hybridized carbons (Fsp3) is 0.312. The molecule has 1 atom stereocenters. The monoisotopic (exact) mass is 255 g/mol. The molecular formula is C16H17NO2. The molecule has 0 aliphatic carbocycles. The average Bonchev–Trinajstić information content (AvgIpc) is 2.92. The van der Waals surface area contributed by atoms with Gasteiger partial charge in [-0.05, 0) is 23.3 Å². The van der Waals surface area contributed by atoms with Gasteiger partial charge in [-0.25, -0.2) is 0 Å². The minimum atomic E-state index is -0.527. The molecule has 0 spiro atoms. The zero-order chi connectivity index (χ0) is 13.3. The zero-order valence-corrected chi connectivity index (χ0v) is 11.0. The summed E-state index contributed by atoms with van der Waals surface area (Å²) in [5.74, 6) is 0. The summed E-state index contributed by atoms with van der Waals surface area (Å²) in [6.07, 6.45) is 1.42. The predicted molar refractivity (Wildman–Crippen MR) is 76.3 cm³/mol. The Hall–Kier alpha value is -1.87. The van der Waals surface area contributed by atoms with Crippen molar-refractivity contribution in [2.75, 3.05) is 6.61 Å². The van der Waals surface area contributed by atoms with Crippen molar-refractivity contribution in [3.8, 4) is 0 Å². The molecule has 1 heterocycles. The van der Waals surface area contributed by atoms with Crippen LogP contribution in [0.1, 0.15) is 25.3 Å². The Labute approximate surface area is 112 Å². The molecular weight excluding hydrogens is 238 g/mol. The SMILES string of the molecule is CC[C@]1(CO)CC(c2ccc3ccccc3c2)=NO1. The van der Waals surface area contributed by atoms with Gasteiger partial charge in [0.05, 0.1) is 12.3 Å². The number of aliphatic hydroxyl groups is 1. The van der Waals surface area contributed by atoms with Crippen molar-refractivity contribution in [2.45, 2.75) is 25.4 Å². The predicted octanol–water partition coefficient (Wildman–Crippen LogP) is 3.11. The molecule has 0 aromatic heterocycles. The fourth-order valence-electron chi connectivity index (χ4n) is 2.43. The summed E-state index contributed by atoms with van der Waals surface area (Å²) in [7, 11) is 0. The Bertz CT molecular complexity index is 629. The van der Waals surface area contributed by atoms with Crippen LogP contribution in [-0.4, -0.2) is 23.0 Å². The first-order valence-electron chi connectivity index (χ1n) is 6.61. The lowest BCUT2D eigenvalue weighted by Crippen LogP contribution is -2.32. The third kappa shape index (κ3) is 2.10. The Morgan fingerprint density at radius 1 is 1.21 bits per heavy atom. The minimum absolute atomic E-state index is 0.00405. The summed E-state index contributed by atoms with van der Waals surface area (Å²) in [4.78, 5) is 5.46. The number of aliphatic hydroxyl groups excluding tert-OH is 1. The standard InChI is InChI=1S/C16H17NO2/c1-2-16(11-18)10-15(17-19-16)14-8-7-12-5-3-4-6-13(12)9-14/h3-9,18H,2,10-11H2,1H3/t16-/m1/s1. The number of nitrogens with zero attached hydrogens (tertiary/aromatic N) is 1. The summed E-state index contributed by atoms with van der Waals surface area (Å²) in [5.41, 5.74) is 1.46. The van der Waals surface area contributed by atoms with E-state index in [-0.39, 0.29) is 6.61 Å². The molecule has 0 radical (unpaired) electrons. The molecule has 2 aromatic rings. The molecule has 0 saturated carbocycles.